The third-order valence-corrected chi connectivity index (χ3v) is 3.13. The molecule has 0 aliphatic rings. The van der Waals surface area contributed by atoms with E-state index in [1.54, 1.807) is 6.33 Å². The fraction of sp³-hybridized carbons (Fsp3) is 0.385. The van der Waals surface area contributed by atoms with E-state index >= 15 is 0 Å². The molecule has 4 nitrogen and oxygen atoms in total. The molecular formula is C13H17N3O. The van der Waals surface area contributed by atoms with Gasteiger partial charge in [-0.15, -0.1) is 0 Å². The molecule has 0 amide bonds. The van der Waals surface area contributed by atoms with Crippen LogP contribution in [0.25, 0.3) is 10.9 Å². The number of para-hydroxylation sites is 1. The van der Waals surface area contributed by atoms with Crippen LogP contribution in [0, 0.1) is 0 Å². The summed E-state index contributed by atoms with van der Waals surface area (Å²) in [4.78, 5) is 10.5. The Balaban J connectivity index is 2.56. The molecule has 1 heterocycles. The summed E-state index contributed by atoms with van der Waals surface area (Å²) in [5.74, 6) is 0.842. The van der Waals surface area contributed by atoms with Gasteiger partial charge in [-0.1, -0.05) is 12.1 Å². The van der Waals surface area contributed by atoms with Crippen molar-refractivity contribution in [3.05, 3.63) is 30.6 Å². The zero-order valence-electron chi connectivity index (χ0n) is 10.4. The first-order chi connectivity index (χ1) is 8.06. The van der Waals surface area contributed by atoms with E-state index in [9.17, 15) is 5.11 Å². The first-order valence-electron chi connectivity index (χ1n) is 5.61. The van der Waals surface area contributed by atoms with Crippen LogP contribution in [0.1, 0.15) is 13.8 Å². The average Bonchev–Trinajstić information content (AvgIpc) is 2.37. The van der Waals surface area contributed by atoms with Gasteiger partial charge in [-0.25, -0.2) is 9.97 Å². The van der Waals surface area contributed by atoms with Crippen LogP contribution in [0.2, 0.25) is 0 Å². The highest BCUT2D eigenvalue weighted by molar-refractivity contribution is 5.89. The molecule has 0 fully saturated rings. The molecule has 90 valence electrons. The average molecular weight is 231 g/mol. The standard InChI is InChI=1S/C13H17N3O/c1-13(2,8-17)16(3)12-10-6-4-5-7-11(10)14-9-15-12/h4-7,9,17H,8H2,1-3H3. The Kier molecular flexibility index (Phi) is 2.98. The Morgan fingerprint density at radius 1 is 1.24 bits per heavy atom. The van der Waals surface area contributed by atoms with Gasteiger partial charge in [-0.2, -0.15) is 0 Å². The molecule has 1 aromatic heterocycles. The molecule has 1 aromatic carbocycles. The molecule has 0 radical (unpaired) electrons. The van der Waals surface area contributed by atoms with Crippen LogP contribution in [0.3, 0.4) is 0 Å². The number of rotatable bonds is 3. The normalized spacial score (nSPS) is 11.8. The molecule has 2 aromatic rings. The number of hydrogen-bond donors (Lipinski definition) is 1. The van der Waals surface area contributed by atoms with Crippen molar-refractivity contribution in [3.8, 4) is 0 Å². The smallest absolute Gasteiger partial charge is 0.140 e. The second-order valence-corrected chi connectivity index (χ2v) is 4.74. The number of anilines is 1. The molecule has 17 heavy (non-hydrogen) atoms. The summed E-state index contributed by atoms with van der Waals surface area (Å²) in [6.45, 7) is 4.02. The van der Waals surface area contributed by atoms with Crippen LogP contribution in [-0.2, 0) is 0 Å². The summed E-state index contributed by atoms with van der Waals surface area (Å²) in [5, 5.41) is 10.4. The molecule has 0 saturated carbocycles. The lowest BCUT2D eigenvalue weighted by Crippen LogP contribution is -2.44. The first kappa shape index (κ1) is 11.8. The van der Waals surface area contributed by atoms with Crippen molar-refractivity contribution in [2.45, 2.75) is 19.4 Å². The number of likely N-dealkylation sites (N-methyl/N-ethyl adjacent to an activating group) is 1. The van der Waals surface area contributed by atoms with Gasteiger partial charge in [0.15, 0.2) is 0 Å². The SMILES string of the molecule is CN(c1ncnc2ccccc12)C(C)(C)CO. The molecule has 0 saturated heterocycles. The van der Waals surface area contributed by atoms with E-state index in [4.69, 9.17) is 0 Å². The van der Waals surface area contributed by atoms with Crippen LogP contribution >= 0.6 is 0 Å². The van der Waals surface area contributed by atoms with E-state index < -0.39 is 0 Å². The number of hydrogen-bond acceptors (Lipinski definition) is 4. The lowest BCUT2D eigenvalue weighted by Gasteiger charge is -2.35. The monoisotopic (exact) mass is 231 g/mol. The highest BCUT2D eigenvalue weighted by atomic mass is 16.3. The van der Waals surface area contributed by atoms with Crippen LogP contribution in [-0.4, -0.2) is 34.3 Å². The Bertz CT molecular complexity index is 520. The second kappa shape index (κ2) is 4.30. The minimum absolute atomic E-state index is 0.0713. The quantitative estimate of drug-likeness (QED) is 0.875. The van der Waals surface area contributed by atoms with Crippen LogP contribution < -0.4 is 4.90 Å². The number of fused-ring (bicyclic) bond motifs is 1. The molecule has 4 heteroatoms. The third kappa shape index (κ3) is 2.08. The van der Waals surface area contributed by atoms with Gasteiger partial charge in [0.25, 0.3) is 0 Å². The predicted molar refractivity (Wildman–Crippen MR) is 69.1 cm³/mol. The van der Waals surface area contributed by atoms with Crippen LogP contribution in [0.5, 0.6) is 0 Å². The predicted octanol–water partition coefficient (Wildman–Crippen LogP) is 1.84. The minimum atomic E-state index is -0.350. The summed E-state index contributed by atoms with van der Waals surface area (Å²) in [6, 6.07) is 7.88. The molecule has 0 spiro atoms. The highest BCUT2D eigenvalue weighted by Crippen LogP contribution is 2.26. The van der Waals surface area contributed by atoms with Gasteiger partial charge in [-0.3, -0.25) is 0 Å². The van der Waals surface area contributed by atoms with Crippen molar-refractivity contribution < 1.29 is 5.11 Å². The fourth-order valence-electron chi connectivity index (χ4n) is 1.65. The van der Waals surface area contributed by atoms with Crippen molar-refractivity contribution in [3.63, 3.8) is 0 Å². The van der Waals surface area contributed by atoms with Crippen molar-refractivity contribution in [2.24, 2.45) is 0 Å². The molecule has 2 rings (SSSR count). The van der Waals surface area contributed by atoms with E-state index in [1.807, 2.05) is 50.1 Å². The highest BCUT2D eigenvalue weighted by Gasteiger charge is 2.24. The molecule has 0 bridgehead atoms. The van der Waals surface area contributed by atoms with E-state index in [2.05, 4.69) is 9.97 Å². The number of aromatic nitrogens is 2. The van der Waals surface area contributed by atoms with Crippen molar-refractivity contribution in [1.29, 1.82) is 0 Å². The van der Waals surface area contributed by atoms with Gasteiger partial charge in [-0.05, 0) is 26.0 Å². The number of benzene rings is 1. The van der Waals surface area contributed by atoms with Crippen molar-refractivity contribution in [2.75, 3.05) is 18.6 Å². The summed E-state index contributed by atoms with van der Waals surface area (Å²) in [7, 11) is 1.94. The fourth-order valence-corrected chi connectivity index (χ4v) is 1.65. The lowest BCUT2D eigenvalue weighted by atomic mass is 10.0. The zero-order chi connectivity index (χ0) is 12.5. The number of aliphatic hydroxyl groups is 1. The maximum Gasteiger partial charge on any atom is 0.140 e. The minimum Gasteiger partial charge on any atom is -0.394 e. The molecule has 0 unspecified atom stereocenters. The van der Waals surface area contributed by atoms with Crippen LogP contribution in [0.15, 0.2) is 30.6 Å². The second-order valence-electron chi connectivity index (χ2n) is 4.74. The first-order valence-corrected chi connectivity index (χ1v) is 5.61. The topological polar surface area (TPSA) is 49.2 Å². The number of nitrogens with zero attached hydrogens (tertiary/aromatic N) is 3. The Hall–Kier alpha value is -1.68. The van der Waals surface area contributed by atoms with E-state index in [0.29, 0.717) is 0 Å². The van der Waals surface area contributed by atoms with Gasteiger partial charge < -0.3 is 10.0 Å². The van der Waals surface area contributed by atoms with E-state index in [0.717, 1.165) is 16.7 Å². The number of aliphatic hydroxyl groups excluding tert-OH is 1. The van der Waals surface area contributed by atoms with Gasteiger partial charge in [0.2, 0.25) is 0 Å². The molecular weight excluding hydrogens is 214 g/mol. The van der Waals surface area contributed by atoms with Gasteiger partial charge in [0.1, 0.15) is 12.1 Å². The maximum atomic E-state index is 9.41. The summed E-state index contributed by atoms with van der Waals surface area (Å²) >= 11 is 0. The van der Waals surface area contributed by atoms with Gasteiger partial charge in [0, 0.05) is 12.4 Å². The molecule has 0 aliphatic heterocycles. The van der Waals surface area contributed by atoms with Crippen molar-refractivity contribution in [1.82, 2.24) is 9.97 Å². The lowest BCUT2D eigenvalue weighted by molar-refractivity contribution is 0.216. The summed E-state index contributed by atoms with van der Waals surface area (Å²) < 4.78 is 0. The van der Waals surface area contributed by atoms with Gasteiger partial charge >= 0.3 is 0 Å². The molecule has 0 aliphatic carbocycles. The Labute approximate surface area is 101 Å². The zero-order valence-corrected chi connectivity index (χ0v) is 10.4. The Morgan fingerprint density at radius 2 is 1.94 bits per heavy atom. The van der Waals surface area contributed by atoms with Gasteiger partial charge in [0.05, 0.1) is 17.7 Å². The van der Waals surface area contributed by atoms with E-state index in [-0.39, 0.29) is 12.1 Å². The maximum absolute atomic E-state index is 9.41. The summed E-state index contributed by atoms with van der Waals surface area (Å²) in [5.41, 5.74) is 0.565. The Morgan fingerprint density at radius 3 is 2.65 bits per heavy atom. The van der Waals surface area contributed by atoms with Crippen LogP contribution in [0.4, 0.5) is 5.82 Å². The molecule has 1 N–H and O–H groups in total. The van der Waals surface area contributed by atoms with E-state index in [1.165, 1.54) is 0 Å². The van der Waals surface area contributed by atoms with Crippen molar-refractivity contribution >= 4 is 16.7 Å². The third-order valence-electron chi connectivity index (χ3n) is 3.13. The summed E-state index contributed by atoms with van der Waals surface area (Å²) in [6.07, 6.45) is 1.56. The largest absolute Gasteiger partial charge is 0.394 e. The molecule has 0 atom stereocenters.